The molecule has 0 spiro atoms. The lowest BCUT2D eigenvalue weighted by atomic mass is 10.1. The van der Waals surface area contributed by atoms with Crippen molar-refractivity contribution in [3.8, 4) is 0 Å². The Hall–Kier alpha value is -0.980. The average molecular weight is 304 g/mol. The van der Waals surface area contributed by atoms with Crippen LogP contribution in [-0.4, -0.2) is 10.2 Å². The monoisotopic (exact) mass is 304 g/mol. The van der Waals surface area contributed by atoms with E-state index in [1.165, 1.54) is 12.1 Å². The van der Waals surface area contributed by atoms with Gasteiger partial charge in [-0.3, -0.25) is 0 Å². The highest BCUT2D eigenvalue weighted by Crippen LogP contribution is 2.10. The molecule has 0 bridgehead atoms. The highest BCUT2D eigenvalue weighted by Gasteiger charge is 2.04. The van der Waals surface area contributed by atoms with Crippen LogP contribution < -0.4 is 0 Å². The van der Waals surface area contributed by atoms with Crippen LogP contribution in [0.3, 0.4) is 0 Å². The first-order valence-corrected chi connectivity index (χ1v) is 5.04. The fourth-order valence-corrected chi connectivity index (χ4v) is 1.44. The Kier molecular flexibility index (Phi) is 2.76. The summed E-state index contributed by atoms with van der Waals surface area (Å²) < 4.78 is 18.3. The molecule has 2 rings (SSSR count). The minimum absolute atomic E-state index is 0.242. The number of hydrogen-bond donors (Lipinski definition) is 0. The fraction of sp³-hybridized carbons (Fsp3) is 0.111. The molecule has 1 aromatic heterocycles. The van der Waals surface area contributed by atoms with Gasteiger partial charge in [0.25, 0.3) is 3.90 Å². The third-order valence-corrected chi connectivity index (χ3v) is 2.15. The van der Waals surface area contributed by atoms with Gasteiger partial charge in [-0.15, -0.1) is 10.2 Å². The molecule has 14 heavy (non-hydrogen) atoms. The van der Waals surface area contributed by atoms with Gasteiger partial charge >= 0.3 is 0 Å². The summed E-state index contributed by atoms with van der Waals surface area (Å²) >= 11 is 1.95. The topological polar surface area (TPSA) is 38.9 Å². The molecule has 1 heterocycles. The van der Waals surface area contributed by atoms with Gasteiger partial charge in [0, 0.05) is 22.6 Å². The van der Waals surface area contributed by atoms with Crippen LogP contribution in [0.1, 0.15) is 11.5 Å². The molecule has 0 saturated heterocycles. The zero-order chi connectivity index (χ0) is 9.97. The molecule has 2 aromatic rings. The van der Waals surface area contributed by atoms with Crippen LogP contribution in [0.2, 0.25) is 0 Å². The zero-order valence-electron chi connectivity index (χ0n) is 7.08. The van der Waals surface area contributed by atoms with Crippen LogP contribution in [0.4, 0.5) is 4.39 Å². The van der Waals surface area contributed by atoms with Crippen molar-refractivity contribution >= 4 is 22.6 Å². The molecule has 0 aliphatic carbocycles. The molecular weight excluding hydrogens is 298 g/mol. The highest BCUT2D eigenvalue weighted by molar-refractivity contribution is 14.1. The first-order valence-electron chi connectivity index (χ1n) is 3.96. The number of nitrogens with zero attached hydrogens (tertiary/aromatic N) is 2. The Morgan fingerprint density at radius 1 is 1.21 bits per heavy atom. The summed E-state index contributed by atoms with van der Waals surface area (Å²) in [6.45, 7) is 0. The highest BCUT2D eigenvalue weighted by atomic mass is 127. The lowest BCUT2D eigenvalue weighted by Crippen LogP contribution is -1.88. The standard InChI is InChI=1S/C9H6FIN2O/c10-7-3-1-6(2-4-7)5-8-12-13-9(11)14-8/h1-4H,5H2. The second kappa shape index (κ2) is 4.04. The van der Waals surface area contributed by atoms with Crippen LogP contribution in [-0.2, 0) is 6.42 Å². The Morgan fingerprint density at radius 3 is 2.50 bits per heavy atom. The summed E-state index contributed by atoms with van der Waals surface area (Å²) in [5, 5.41) is 7.54. The van der Waals surface area contributed by atoms with Gasteiger partial charge in [-0.25, -0.2) is 4.39 Å². The minimum Gasteiger partial charge on any atom is -0.416 e. The normalized spacial score (nSPS) is 10.4. The lowest BCUT2D eigenvalue weighted by Gasteiger charge is -1.95. The van der Waals surface area contributed by atoms with E-state index in [0.717, 1.165) is 5.56 Å². The SMILES string of the molecule is Fc1ccc(Cc2nnc(I)o2)cc1. The van der Waals surface area contributed by atoms with E-state index in [-0.39, 0.29) is 5.82 Å². The molecule has 0 amide bonds. The quantitative estimate of drug-likeness (QED) is 0.800. The van der Waals surface area contributed by atoms with Gasteiger partial charge in [-0.1, -0.05) is 12.1 Å². The molecule has 0 atom stereocenters. The van der Waals surface area contributed by atoms with Crippen molar-refractivity contribution in [2.45, 2.75) is 6.42 Å². The van der Waals surface area contributed by atoms with Crippen LogP contribution in [0.15, 0.2) is 28.7 Å². The van der Waals surface area contributed by atoms with E-state index in [2.05, 4.69) is 10.2 Å². The smallest absolute Gasteiger partial charge is 0.278 e. The number of hydrogen-bond acceptors (Lipinski definition) is 3. The number of rotatable bonds is 2. The van der Waals surface area contributed by atoms with Crippen molar-refractivity contribution < 1.29 is 8.81 Å². The lowest BCUT2D eigenvalue weighted by molar-refractivity contribution is 0.479. The summed E-state index contributed by atoms with van der Waals surface area (Å²) in [4.78, 5) is 0. The summed E-state index contributed by atoms with van der Waals surface area (Å²) in [5.41, 5.74) is 0.950. The van der Waals surface area contributed by atoms with Gasteiger partial charge in [0.05, 0.1) is 6.42 Å². The van der Waals surface area contributed by atoms with Crippen LogP contribution in [0.5, 0.6) is 0 Å². The van der Waals surface area contributed by atoms with Gasteiger partial charge in [0.2, 0.25) is 5.89 Å². The summed E-state index contributed by atoms with van der Waals surface area (Å²) in [7, 11) is 0. The Balaban J connectivity index is 2.15. The third kappa shape index (κ3) is 2.28. The van der Waals surface area contributed by atoms with Crippen LogP contribution in [0.25, 0.3) is 0 Å². The maximum atomic E-state index is 12.6. The number of benzene rings is 1. The average Bonchev–Trinajstić information content (AvgIpc) is 2.56. The maximum absolute atomic E-state index is 12.6. The van der Waals surface area contributed by atoms with E-state index in [0.29, 0.717) is 16.2 Å². The van der Waals surface area contributed by atoms with Crippen molar-refractivity contribution in [2.24, 2.45) is 0 Å². The first-order chi connectivity index (χ1) is 6.74. The van der Waals surface area contributed by atoms with Crippen molar-refractivity contribution in [2.75, 3.05) is 0 Å². The molecule has 0 N–H and O–H groups in total. The molecule has 0 saturated carbocycles. The summed E-state index contributed by atoms with van der Waals surface area (Å²) in [5.74, 6) is 0.301. The predicted octanol–water partition coefficient (Wildman–Crippen LogP) is 2.40. The Bertz CT molecular complexity index is 427. The number of halogens is 2. The molecular formula is C9H6FIN2O. The largest absolute Gasteiger partial charge is 0.416 e. The molecule has 72 valence electrons. The van der Waals surface area contributed by atoms with Gasteiger partial charge in [0.1, 0.15) is 5.82 Å². The maximum Gasteiger partial charge on any atom is 0.278 e. The van der Waals surface area contributed by atoms with Gasteiger partial charge in [0.15, 0.2) is 0 Å². The number of aromatic nitrogens is 2. The molecule has 0 aliphatic rings. The first kappa shape index (κ1) is 9.57. The van der Waals surface area contributed by atoms with E-state index < -0.39 is 0 Å². The van der Waals surface area contributed by atoms with Gasteiger partial charge in [-0.05, 0) is 17.7 Å². The van der Waals surface area contributed by atoms with E-state index in [1.807, 2.05) is 22.6 Å². The van der Waals surface area contributed by atoms with E-state index in [4.69, 9.17) is 4.42 Å². The van der Waals surface area contributed by atoms with Crippen LogP contribution >= 0.6 is 22.6 Å². The summed E-state index contributed by atoms with van der Waals surface area (Å²) in [6.07, 6.45) is 0.538. The molecule has 0 aliphatic heterocycles. The van der Waals surface area contributed by atoms with E-state index >= 15 is 0 Å². The van der Waals surface area contributed by atoms with Crippen LogP contribution in [0, 0.1) is 9.71 Å². The van der Waals surface area contributed by atoms with E-state index in [9.17, 15) is 4.39 Å². The van der Waals surface area contributed by atoms with Gasteiger partial charge in [-0.2, -0.15) is 0 Å². The molecule has 0 fully saturated rings. The Morgan fingerprint density at radius 2 is 1.93 bits per heavy atom. The second-order valence-corrected chi connectivity index (χ2v) is 3.67. The fourth-order valence-electron chi connectivity index (χ4n) is 1.08. The minimum atomic E-state index is -0.242. The van der Waals surface area contributed by atoms with Gasteiger partial charge < -0.3 is 4.42 Å². The molecule has 3 nitrogen and oxygen atoms in total. The van der Waals surface area contributed by atoms with Crippen molar-refractivity contribution in [1.82, 2.24) is 10.2 Å². The molecule has 1 aromatic carbocycles. The van der Waals surface area contributed by atoms with Crippen molar-refractivity contribution in [3.63, 3.8) is 0 Å². The van der Waals surface area contributed by atoms with Crippen molar-refractivity contribution in [3.05, 3.63) is 45.4 Å². The van der Waals surface area contributed by atoms with Crippen molar-refractivity contribution in [1.29, 1.82) is 0 Å². The molecule has 0 unspecified atom stereocenters. The third-order valence-electron chi connectivity index (χ3n) is 1.71. The second-order valence-electron chi connectivity index (χ2n) is 2.75. The molecule has 0 radical (unpaired) electrons. The predicted molar refractivity (Wildman–Crippen MR) is 56.2 cm³/mol. The zero-order valence-corrected chi connectivity index (χ0v) is 9.23. The van der Waals surface area contributed by atoms with E-state index in [1.54, 1.807) is 12.1 Å². The molecule has 5 heteroatoms. The Labute approximate surface area is 93.5 Å². The summed E-state index contributed by atoms with van der Waals surface area (Å²) in [6, 6.07) is 6.23.